The molecule has 0 heterocycles. The number of ether oxygens (including phenoxy) is 2. The van der Waals surface area contributed by atoms with Crippen molar-refractivity contribution in [1.82, 2.24) is 5.32 Å². The highest BCUT2D eigenvalue weighted by Crippen LogP contribution is 2.06. The number of carbonyl (C=O) groups is 2. The van der Waals surface area contributed by atoms with Crippen LogP contribution in [0.4, 0.5) is 4.79 Å². The van der Waals surface area contributed by atoms with Crippen molar-refractivity contribution in [2.45, 2.75) is 33.3 Å². The molecule has 0 bridgehead atoms. The Bertz CT molecular complexity index is 371. The maximum Gasteiger partial charge on any atom is 0.408 e. The molecule has 0 saturated heterocycles. The molecule has 0 aromatic carbocycles. The molecule has 0 aromatic rings. The molecule has 0 radical (unpaired) electrons. The lowest BCUT2D eigenvalue weighted by molar-refractivity contribution is -0.141. The molecule has 0 aliphatic heterocycles. The number of esters is 1. The second-order valence-electron chi connectivity index (χ2n) is 4.57. The smallest absolute Gasteiger partial charge is 0.408 e. The van der Waals surface area contributed by atoms with Gasteiger partial charge in [-0.25, -0.2) is 4.79 Å². The zero-order valence-corrected chi connectivity index (χ0v) is 11.2. The summed E-state index contributed by atoms with van der Waals surface area (Å²) in [6.07, 6.45) is 6.06. The minimum absolute atomic E-state index is 0.0882. The molecule has 1 amide bonds. The third-order valence-corrected chi connectivity index (χ3v) is 1.64. The first-order valence-electron chi connectivity index (χ1n) is 5.50. The van der Waals surface area contributed by atoms with Gasteiger partial charge < -0.3 is 14.8 Å². The SMILES string of the molecule is C#C/C(C)=C\COC(=O)CNC(=O)OC(C)(C)C. The molecule has 0 fully saturated rings. The molecule has 5 heteroatoms. The summed E-state index contributed by atoms with van der Waals surface area (Å²) in [6.45, 7) is 6.78. The number of carbonyl (C=O) groups excluding carboxylic acids is 2. The zero-order valence-electron chi connectivity index (χ0n) is 11.2. The minimum atomic E-state index is -0.658. The van der Waals surface area contributed by atoms with Crippen molar-refractivity contribution in [3.05, 3.63) is 11.6 Å². The number of allylic oxidation sites excluding steroid dienone is 1. The van der Waals surface area contributed by atoms with Crippen molar-refractivity contribution in [1.29, 1.82) is 0 Å². The Kier molecular flexibility index (Phi) is 6.58. The molecule has 0 saturated carbocycles. The largest absolute Gasteiger partial charge is 0.460 e. The number of amides is 1. The van der Waals surface area contributed by atoms with Crippen molar-refractivity contribution in [3.8, 4) is 12.3 Å². The Hall–Kier alpha value is -1.96. The summed E-state index contributed by atoms with van der Waals surface area (Å²) < 4.78 is 9.77. The van der Waals surface area contributed by atoms with Crippen molar-refractivity contribution >= 4 is 12.1 Å². The summed E-state index contributed by atoms with van der Waals surface area (Å²) in [4.78, 5) is 22.4. The molecule has 0 spiro atoms. The Morgan fingerprint density at radius 1 is 1.39 bits per heavy atom. The van der Waals surface area contributed by atoms with E-state index in [4.69, 9.17) is 15.9 Å². The number of terminal acetylenes is 1. The van der Waals surface area contributed by atoms with Gasteiger partial charge in [0, 0.05) is 0 Å². The van der Waals surface area contributed by atoms with Crippen LogP contribution in [0.3, 0.4) is 0 Å². The summed E-state index contributed by atoms with van der Waals surface area (Å²) in [7, 11) is 0. The van der Waals surface area contributed by atoms with Crippen LogP contribution in [0.2, 0.25) is 0 Å². The highest BCUT2D eigenvalue weighted by molar-refractivity contribution is 5.78. The van der Waals surface area contributed by atoms with E-state index in [1.54, 1.807) is 33.8 Å². The molecule has 0 rings (SSSR count). The predicted molar refractivity (Wildman–Crippen MR) is 67.8 cm³/mol. The van der Waals surface area contributed by atoms with Gasteiger partial charge in [-0.05, 0) is 39.3 Å². The van der Waals surface area contributed by atoms with Crippen LogP contribution < -0.4 is 5.32 Å². The Morgan fingerprint density at radius 3 is 2.50 bits per heavy atom. The summed E-state index contributed by atoms with van der Waals surface area (Å²) in [6, 6.07) is 0. The number of rotatable bonds is 4. The fraction of sp³-hybridized carbons (Fsp3) is 0.538. The van der Waals surface area contributed by atoms with Gasteiger partial charge >= 0.3 is 12.1 Å². The van der Waals surface area contributed by atoms with Crippen LogP contribution >= 0.6 is 0 Å². The van der Waals surface area contributed by atoms with Gasteiger partial charge in [0.2, 0.25) is 0 Å². The van der Waals surface area contributed by atoms with E-state index in [0.29, 0.717) is 5.57 Å². The topological polar surface area (TPSA) is 64.6 Å². The quantitative estimate of drug-likeness (QED) is 0.611. The molecule has 1 N–H and O–H groups in total. The molecule has 0 unspecified atom stereocenters. The average Bonchev–Trinajstić information content (AvgIpc) is 2.23. The van der Waals surface area contributed by atoms with E-state index in [1.807, 2.05) is 0 Å². The number of hydrogen-bond acceptors (Lipinski definition) is 4. The molecule has 100 valence electrons. The molecule has 0 aliphatic carbocycles. The summed E-state index contributed by atoms with van der Waals surface area (Å²) >= 11 is 0. The van der Waals surface area contributed by atoms with Crippen molar-refractivity contribution in [2.75, 3.05) is 13.2 Å². The highest BCUT2D eigenvalue weighted by Gasteiger charge is 2.16. The van der Waals surface area contributed by atoms with Crippen molar-refractivity contribution in [3.63, 3.8) is 0 Å². The lowest BCUT2D eigenvalue weighted by Gasteiger charge is -2.19. The summed E-state index contributed by atoms with van der Waals surface area (Å²) in [5.74, 6) is 1.84. The van der Waals surface area contributed by atoms with Gasteiger partial charge in [0.25, 0.3) is 0 Å². The minimum Gasteiger partial charge on any atom is -0.460 e. The maximum absolute atomic E-state index is 11.2. The Labute approximate surface area is 108 Å². The fourth-order valence-corrected chi connectivity index (χ4v) is 0.828. The van der Waals surface area contributed by atoms with E-state index >= 15 is 0 Å². The second kappa shape index (κ2) is 7.38. The first-order chi connectivity index (χ1) is 8.24. The first-order valence-corrected chi connectivity index (χ1v) is 5.50. The molecular weight excluding hydrogens is 234 g/mol. The third kappa shape index (κ3) is 9.28. The normalized spacial score (nSPS) is 11.4. The van der Waals surface area contributed by atoms with Crippen LogP contribution in [0.25, 0.3) is 0 Å². The van der Waals surface area contributed by atoms with Crippen LogP contribution in [0.15, 0.2) is 11.6 Å². The number of alkyl carbamates (subject to hydrolysis) is 1. The van der Waals surface area contributed by atoms with Crippen molar-refractivity contribution < 1.29 is 19.1 Å². The molecule has 0 aromatic heterocycles. The third-order valence-electron chi connectivity index (χ3n) is 1.64. The first kappa shape index (κ1) is 16.0. The van der Waals surface area contributed by atoms with Crippen LogP contribution in [0, 0.1) is 12.3 Å². The number of nitrogens with one attached hydrogen (secondary N) is 1. The molecule has 0 atom stereocenters. The van der Waals surface area contributed by atoms with Crippen LogP contribution in [0.5, 0.6) is 0 Å². The van der Waals surface area contributed by atoms with Gasteiger partial charge in [0.1, 0.15) is 18.8 Å². The zero-order chi connectivity index (χ0) is 14.2. The lowest BCUT2D eigenvalue weighted by atomic mass is 10.2. The summed E-state index contributed by atoms with van der Waals surface area (Å²) in [5, 5.41) is 2.29. The molecular formula is C13H19NO4. The molecule has 5 nitrogen and oxygen atoms in total. The highest BCUT2D eigenvalue weighted by atomic mass is 16.6. The van der Waals surface area contributed by atoms with E-state index in [-0.39, 0.29) is 13.2 Å². The molecule has 0 aliphatic rings. The van der Waals surface area contributed by atoms with Gasteiger partial charge in [0.05, 0.1) is 0 Å². The summed E-state index contributed by atoms with van der Waals surface area (Å²) in [5.41, 5.74) is 0.0866. The van der Waals surface area contributed by atoms with Gasteiger partial charge in [-0.2, -0.15) is 0 Å². The van der Waals surface area contributed by atoms with E-state index < -0.39 is 17.7 Å². The Morgan fingerprint density at radius 2 is 2.00 bits per heavy atom. The van der Waals surface area contributed by atoms with E-state index in [0.717, 1.165) is 0 Å². The maximum atomic E-state index is 11.2. The van der Waals surface area contributed by atoms with E-state index in [1.165, 1.54) is 0 Å². The van der Waals surface area contributed by atoms with Gasteiger partial charge in [-0.3, -0.25) is 4.79 Å². The molecule has 18 heavy (non-hydrogen) atoms. The van der Waals surface area contributed by atoms with Crippen LogP contribution in [-0.2, 0) is 14.3 Å². The predicted octanol–water partition coefficient (Wildman–Crippen LogP) is 1.63. The van der Waals surface area contributed by atoms with Crippen LogP contribution in [0.1, 0.15) is 27.7 Å². The number of hydrogen-bond donors (Lipinski definition) is 1. The monoisotopic (exact) mass is 253 g/mol. The second-order valence-corrected chi connectivity index (χ2v) is 4.57. The van der Waals surface area contributed by atoms with E-state index in [9.17, 15) is 9.59 Å². The van der Waals surface area contributed by atoms with Gasteiger partial charge in [-0.1, -0.05) is 5.92 Å². The standard InChI is InChI=1S/C13H19NO4/c1-6-10(2)7-8-17-11(15)9-14-12(16)18-13(3,4)5/h1,7H,8-9H2,2-5H3,(H,14,16)/b10-7-. The van der Waals surface area contributed by atoms with E-state index in [2.05, 4.69) is 11.2 Å². The van der Waals surface area contributed by atoms with Gasteiger partial charge in [0.15, 0.2) is 0 Å². The Balaban J connectivity index is 3.85. The van der Waals surface area contributed by atoms with Crippen LogP contribution in [-0.4, -0.2) is 30.8 Å². The van der Waals surface area contributed by atoms with Crippen molar-refractivity contribution in [2.24, 2.45) is 0 Å². The average molecular weight is 253 g/mol. The lowest BCUT2D eigenvalue weighted by Crippen LogP contribution is -2.36. The fourth-order valence-electron chi connectivity index (χ4n) is 0.828. The van der Waals surface area contributed by atoms with Gasteiger partial charge in [-0.15, -0.1) is 6.42 Å².